The highest BCUT2D eigenvalue weighted by molar-refractivity contribution is 7.45. The average molecular weight is 468 g/mol. The summed E-state index contributed by atoms with van der Waals surface area (Å²) < 4.78 is 28.3. The first-order valence-corrected chi connectivity index (χ1v) is 10.5. The molecule has 1 aliphatic heterocycles. The Labute approximate surface area is 180 Å². The zero-order valence-corrected chi connectivity index (χ0v) is 17.5. The molecule has 4 rings (SSSR count). The molecule has 0 saturated carbocycles. The van der Waals surface area contributed by atoms with E-state index in [2.05, 4.69) is 20.4 Å². The van der Waals surface area contributed by atoms with Crippen molar-refractivity contribution >= 4 is 19.6 Å². The third-order valence-electron chi connectivity index (χ3n) is 4.28. The van der Waals surface area contributed by atoms with Crippen LogP contribution in [0, 0.1) is 5.82 Å². The summed E-state index contributed by atoms with van der Waals surface area (Å²) in [6.07, 6.45) is -0.448. The SMILES string of the molecule is C[C@@H]1C(O)OC(=O)N1c1ccc(-c2ccc(-c3nnn(C)n3)nc2)c(F)c1.O=P(O)(O)O. The van der Waals surface area contributed by atoms with E-state index in [-0.39, 0.29) is 0 Å². The first kappa shape index (κ1) is 23.4. The van der Waals surface area contributed by atoms with Crippen molar-refractivity contribution in [3.63, 3.8) is 0 Å². The van der Waals surface area contributed by atoms with Crippen LogP contribution in [-0.4, -0.2) is 63.4 Å². The maximum absolute atomic E-state index is 14.7. The van der Waals surface area contributed by atoms with Crippen LogP contribution in [-0.2, 0) is 16.3 Å². The Kier molecular flexibility index (Phi) is 6.62. The van der Waals surface area contributed by atoms with Gasteiger partial charge in [0.05, 0.1) is 18.8 Å². The number of phosphoric acid groups is 1. The molecule has 32 heavy (non-hydrogen) atoms. The van der Waals surface area contributed by atoms with E-state index in [1.165, 1.54) is 22.0 Å². The lowest BCUT2D eigenvalue weighted by Crippen LogP contribution is -2.33. The fourth-order valence-corrected chi connectivity index (χ4v) is 2.85. The number of aliphatic hydroxyl groups is 1. The summed E-state index contributed by atoms with van der Waals surface area (Å²) >= 11 is 0. The molecule has 13 nitrogen and oxygen atoms in total. The lowest BCUT2D eigenvalue weighted by molar-refractivity contribution is -0.0312. The Morgan fingerprint density at radius 2 is 1.88 bits per heavy atom. The van der Waals surface area contributed by atoms with Crippen molar-refractivity contribution in [2.24, 2.45) is 7.05 Å². The van der Waals surface area contributed by atoms with Gasteiger partial charge in [0.1, 0.15) is 11.5 Å². The van der Waals surface area contributed by atoms with Crippen LogP contribution in [0.3, 0.4) is 0 Å². The minimum atomic E-state index is -4.64. The molecule has 170 valence electrons. The standard InChI is InChI=1S/C17H15FN6O3.H3O4P/c1-9-16(25)27-17(26)24(9)11-4-5-12(13(18)7-11)10-3-6-14(19-8-10)15-20-22-23(2)21-15;1-5(2,3)4/h3-9,16,25H,1-2H3;(H3,1,2,3,4)/t9-,16?;/m1./s1. The minimum Gasteiger partial charge on any atom is -0.417 e. The van der Waals surface area contributed by atoms with Gasteiger partial charge in [-0.05, 0) is 36.4 Å². The molecule has 4 N–H and O–H groups in total. The molecule has 2 atom stereocenters. The summed E-state index contributed by atoms with van der Waals surface area (Å²) in [5.41, 5.74) is 1.71. The Bertz CT molecular complexity index is 1160. The summed E-state index contributed by atoms with van der Waals surface area (Å²) in [5, 5.41) is 21.3. The van der Waals surface area contributed by atoms with E-state index in [1.54, 1.807) is 38.2 Å². The van der Waals surface area contributed by atoms with Gasteiger partial charge in [-0.25, -0.2) is 13.8 Å². The monoisotopic (exact) mass is 468 g/mol. The number of carbonyl (C=O) groups excluding carboxylic acids is 1. The van der Waals surface area contributed by atoms with Crippen LogP contribution in [0.4, 0.5) is 14.9 Å². The predicted molar refractivity (Wildman–Crippen MR) is 106 cm³/mol. The summed E-state index contributed by atoms with van der Waals surface area (Å²) in [6, 6.07) is 7.13. The first-order chi connectivity index (χ1) is 14.9. The first-order valence-electron chi connectivity index (χ1n) is 8.90. The third kappa shape index (κ3) is 5.49. The topological polar surface area (TPSA) is 184 Å². The van der Waals surface area contributed by atoms with E-state index in [4.69, 9.17) is 24.0 Å². The number of aliphatic hydroxyl groups excluding tert-OH is 1. The molecule has 0 radical (unpaired) electrons. The zero-order chi connectivity index (χ0) is 23.6. The number of benzene rings is 1. The molecular formula is C17H18FN6O7P. The number of aryl methyl sites for hydroxylation is 1. The molecule has 3 heterocycles. The summed E-state index contributed by atoms with van der Waals surface area (Å²) in [4.78, 5) is 40.2. The molecule has 1 saturated heterocycles. The molecule has 1 aromatic carbocycles. The molecule has 0 aliphatic carbocycles. The number of rotatable bonds is 3. The van der Waals surface area contributed by atoms with Gasteiger partial charge >= 0.3 is 13.9 Å². The smallest absolute Gasteiger partial charge is 0.417 e. The molecule has 2 aromatic heterocycles. The molecule has 0 bridgehead atoms. The Hall–Kier alpha value is -3.29. The van der Waals surface area contributed by atoms with Crippen LogP contribution in [0.5, 0.6) is 0 Å². The Balaban J connectivity index is 0.000000523. The van der Waals surface area contributed by atoms with Crippen molar-refractivity contribution in [1.82, 2.24) is 25.2 Å². The highest BCUT2D eigenvalue weighted by atomic mass is 31.2. The van der Waals surface area contributed by atoms with Gasteiger partial charge in [-0.3, -0.25) is 9.88 Å². The number of nitrogens with zero attached hydrogens (tertiary/aromatic N) is 6. The highest BCUT2D eigenvalue weighted by Gasteiger charge is 2.38. The van der Waals surface area contributed by atoms with E-state index < -0.39 is 32.1 Å². The van der Waals surface area contributed by atoms with Crippen LogP contribution in [0.15, 0.2) is 36.5 Å². The van der Waals surface area contributed by atoms with Crippen molar-refractivity contribution in [3.8, 4) is 22.6 Å². The number of aromatic nitrogens is 5. The van der Waals surface area contributed by atoms with Gasteiger partial charge in [0.25, 0.3) is 0 Å². The van der Waals surface area contributed by atoms with Gasteiger partial charge in [0.2, 0.25) is 12.1 Å². The number of cyclic esters (lactones) is 1. The largest absolute Gasteiger partial charge is 0.466 e. The Morgan fingerprint density at radius 3 is 2.34 bits per heavy atom. The van der Waals surface area contributed by atoms with Crippen molar-refractivity contribution in [3.05, 3.63) is 42.3 Å². The van der Waals surface area contributed by atoms with Crippen molar-refractivity contribution in [1.29, 1.82) is 0 Å². The lowest BCUT2D eigenvalue weighted by atomic mass is 10.1. The normalized spacial score (nSPS) is 18.2. The van der Waals surface area contributed by atoms with Crippen molar-refractivity contribution in [2.45, 2.75) is 19.3 Å². The number of halogens is 1. The van der Waals surface area contributed by atoms with E-state index >= 15 is 0 Å². The molecule has 1 amide bonds. The highest BCUT2D eigenvalue weighted by Crippen LogP contribution is 2.31. The number of pyridine rings is 1. The van der Waals surface area contributed by atoms with Gasteiger partial charge in [0.15, 0.2) is 0 Å². The molecule has 3 aromatic rings. The predicted octanol–water partition coefficient (Wildman–Crippen LogP) is 0.813. The molecule has 0 spiro atoms. The number of hydrogen-bond donors (Lipinski definition) is 4. The minimum absolute atomic E-state index is 0.304. The van der Waals surface area contributed by atoms with Crippen molar-refractivity contribution < 1.29 is 38.3 Å². The van der Waals surface area contributed by atoms with Crippen LogP contribution < -0.4 is 4.90 Å². The summed E-state index contributed by atoms with van der Waals surface area (Å²) in [5.74, 6) is -0.152. The van der Waals surface area contributed by atoms with E-state index in [0.717, 1.165) is 0 Å². The number of hydrogen-bond acceptors (Lipinski definition) is 8. The molecule has 1 fully saturated rings. The maximum Gasteiger partial charge on any atom is 0.466 e. The fraction of sp³-hybridized carbons (Fsp3) is 0.235. The maximum atomic E-state index is 14.7. The zero-order valence-electron chi connectivity index (χ0n) is 16.6. The third-order valence-corrected chi connectivity index (χ3v) is 4.28. The van der Waals surface area contributed by atoms with Gasteiger partial charge < -0.3 is 24.5 Å². The fourth-order valence-electron chi connectivity index (χ4n) is 2.85. The van der Waals surface area contributed by atoms with Crippen LogP contribution in [0.1, 0.15) is 6.92 Å². The molecule has 1 unspecified atom stereocenters. The van der Waals surface area contributed by atoms with Crippen LogP contribution in [0.25, 0.3) is 22.6 Å². The molecule has 1 aliphatic rings. The number of carbonyl (C=O) groups is 1. The average Bonchev–Trinajstić information content (AvgIpc) is 3.23. The second kappa shape index (κ2) is 9.06. The lowest BCUT2D eigenvalue weighted by Gasteiger charge is -2.19. The Morgan fingerprint density at radius 1 is 1.19 bits per heavy atom. The van der Waals surface area contributed by atoms with Crippen molar-refractivity contribution in [2.75, 3.05) is 4.90 Å². The number of ether oxygens (including phenoxy) is 1. The summed E-state index contributed by atoms with van der Waals surface area (Å²) in [7, 11) is -2.99. The van der Waals surface area contributed by atoms with Crippen LogP contribution in [0.2, 0.25) is 0 Å². The van der Waals surface area contributed by atoms with Gasteiger partial charge in [-0.1, -0.05) is 6.07 Å². The summed E-state index contributed by atoms with van der Waals surface area (Å²) in [6.45, 7) is 1.62. The second-order valence-corrected chi connectivity index (χ2v) is 7.62. The number of tetrazole rings is 1. The number of anilines is 1. The van der Waals surface area contributed by atoms with E-state index in [0.29, 0.717) is 28.3 Å². The molecule has 15 heteroatoms. The quantitative estimate of drug-likeness (QED) is 0.399. The van der Waals surface area contributed by atoms with Crippen LogP contribution >= 0.6 is 7.82 Å². The number of amides is 1. The van der Waals surface area contributed by atoms with E-state index in [9.17, 15) is 14.3 Å². The van der Waals surface area contributed by atoms with E-state index in [1.807, 2.05) is 0 Å². The van der Waals surface area contributed by atoms with Gasteiger partial charge in [-0.2, -0.15) is 4.80 Å². The second-order valence-electron chi connectivity index (χ2n) is 6.60. The van der Waals surface area contributed by atoms with Gasteiger partial charge in [0, 0.05) is 17.3 Å². The van der Waals surface area contributed by atoms with Gasteiger partial charge in [-0.15, -0.1) is 10.2 Å². The molecular weight excluding hydrogens is 450 g/mol.